The summed E-state index contributed by atoms with van der Waals surface area (Å²) in [5, 5.41) is 10.3. The minimum atomic E-state index is -0.499. The van der Waals surface area contributed by atoms with Crippen molar-refractivity contribution < 1.29 is 5.11 Å². The van der Waals surface area contributed by atoms with E-state index < -0.39 is 5.60 Å². The van der Waals surface area contributed by atoms with Gasteiger partial charge in [-0.05, 0) is 39.9 Å². The summed E-state index contributed by atoms with van der Waals surface area (Å²) in [6, 6.07) is 0. The van der Waals surface area contributed by atoms with Crippen LogP contribution in [0.1, 0.15) is 40.0 Å². The molecule has 98 valence electrons. The van der Waals surface area contributed by atoms with E-state index in [4.69, 9.17) is 0 Å². The van der Waals surface area contributed by atoms with E-state index in [2.05, 4.69) is 44.7 Å². The molecule has 0 amide bonds. The second-order valence-corrected chi connectivity index (χ2v) is 5.01. The molecule has 16 heavy (non-hydrogen) atoms. The van der Waals surface area contributed by atoms with Crippen LogP contribution in [0, 0.1) is 0 Å². The minimum absolute atomic E-state index is 0.499. The largest absolute Gasteiger partial charge is 0.389 e. The second-order valence-electron chi connectivity index (χ2n) is 5.01. The second kappa shape index (κ2) is 8.04. The number of rotatable bonds is 9. The molecule has 0 aliphatic rings. The van der Waals surface area contributed by atoms with E-state index >= 15 is 0 Å². The number of aliphatic hydroxyl groups is 1. The smallest absolute Gasteiger partial charge is 0.0768 e. The summed E-state index contributed by atoms with van der Waals surface area (Å²) < 4.78 is 0. The zero-order valence-corrected chi connectivity index (χ0v) is 11.8. The van der Waals surface area contributed by atoms with Crippen LogP contribution in [0.25, 0.3) is 0 Å². The molecule has 0 aliphatic heterocycles. The molecule has 0 spiro atoms. The van der Waals surface area contributed by atoms with Gasteiger partial charge in [0.2, 0.25) is 0 Å². The lowest BCUT2D eigenvalue weighted by atomic mass is 9.96. The van der Waals surface area contributed by atoms with Crippen LogP contribution >= 0.6 is 0 Å². The zero-order chi connectivity index (χ0) is 12.6. The van der Waals surface area contributed by atoms with E-state index in [1.54, 1.807) is 0 Å². The van der Waals surface area contributed by atoms with Gasteiger partial charge in [0.1, 0.15) is 0 Å². The van der Waals surface area contributed by atoms with Gasteiger partial charge in [-0.1, -0.05) is 20.8 Å². The van der Waals surface area contributed by atoms with Crippen LogP contribution in [0.5, 0.6) is 0 Å². The molecular formula is C13H30N2O. The van der Waals surface area contributed by atoms with E-state index in [0.29, 0.717) is 0 Å². The van der Waals surface area contributed by atoms with Crippen molar-refractivity contribution in [2.24, 2.45) is 0 Å². The highest BCUT2D eigenvalue weighted by Gasteiger charge is 2.24. The average molecular weight is 230 g/mol. The first kappa shape index (κ1) is 15.9. The summed E-state index contributed by atoms with van der Waals surface area (Å²) in [6.45, 7) is 10.3. The molecule has 0 saturated carbocycles. The highest BCUT2D eigenvalue weighted by molar-refractivity contribution is 4.79. The van der Waals surface area contributed by atoms with Crippen LogP contribution in [0.3, 0.4) is 0 Å². The maximum atomic E-state index is 10.3. The summed E-state index contributed by atoms with van der Waals surface area (Å²) in [6.07, 6.45) is 2.83. The molecular weight excluding hydrogens is 200 g/mol. The molecule has 0 aromatic heterocycles. The van der Waals surface area contributed by atoms with Crippen molar-refractivity contribution in [3.05, 3.63) is 0 Å². The first-order valence-corrected chi connectivity index (χ1v) is 6.56. The predicted octanol–water partition coefficient (Wildman–Crippen LogP) is 1.81. The Bertz CT molecular complexity index is 167. The van der Waals surface area contributed by atoms with Crippen molar-refractivity contribution in [1.29, 1.82) is 0 Å². The van der Waals surface area contributed by atoms with Crippen molar-refractivity contribution in [1.82, 2.24) is 9.80 Å². The van der Waals surface area contributed by atoms with Gasteiger partial charge in [0, 0.05) is 19.6 Å². The van der Waals surface area contributed by atoms with Gasteiger partial charge in [-0.25, -0.2) is 0 Å². The Kier molecular flexibility index (Phi) is 7.98. The minimum Gasteiger partial charge on any atom is -0.389 e. The maximum absolute atomic E-state index is 10.3. The molecule has 0 heterocycles. The Labute approximate surface area is 101 Å². The van der Waals surface area contributed by atoms with Gasteiger partial charge in [0.15, 0.2) is 0 Å². The molecule has 0 radical (unpaired) electrons. The molecule has 3 heteroatoms. The van der Waals surface area contributed by atoms with Crippen molar-refractivity contribution in [3.63, 3.8) is 0 Å². The third kappa shape index (κ3) is 6.46. The summed E-state index contributed by atoms with van der Waals surface area (Å²) in [4.78, 5) is 4.58. The fourth-order valence-corrected chi connectivity index (χ4v) is 1.82. The molecule has 0 unspecified atom stereocenters. The van der Waals surface area contributed by atoms with Crippen LogP contribution in [0.15, 0.2) is 0 Å². The third-order valence-corrected chi connectivity index (χ3v) is 3.24. The van der Waals surface area contributed by atoms with E-state index in [0.717, 1.165) is 45.4 Å². The first-order valence-electron chi connectivity index (χ1n) is 6.56. The lowest BCUT2D eigenvalue weighted by molar-refractivity contribution is -0.00452. The van der Waals surface area contributed by atoms with Crippen molar-refractivity contribution in [2.75, 3.05) is 40.3 Å². The summed E-state index contributed by atoms with van der Waals surface area (Å²) in [5.74, 6) is 0. The fraction of sp³-hybridized carbons (Fsp3) is 1.00. The van der Waals surface area contributed by atoms with E-state index in [1.807, 2.05) is 0 Å². The topological polar surface area (TPSA) is 26.7 Å². The highest BCUT2D eigenvalue weighted by Crippen LogP contribution is 2.16. The molecule has 0 aliphatic carbocycles. The molecule has 0 bridgehead atoms. The number of hydrogen-bond acceptors (Lipinski definition) is 3. The molecule has 0 atom stereocenters. The van der Waals surface area contributed by atoms with Crippen LogP contribution in [-0.4, -0.2) is 60.8 Å². The standard InChI is InChI=1S/C13H30N2O/c1-6-9-15(11-10-14(4)5)12-13(16,7-2)8-3/h16H,6-12H2,1-5H3. The Morgan fingerprint density at radius 1 is 0.938 bits per heavy atom. The number of likely N-dealkylation sites (N-methyl/N-ethyl adjacent to an activating group) is 1. The molecule has 0 aromatic carbocycles. The molecule has 1 N–H and O–H groups in total. The number of nitrogens with zero attached hydrogens (tertiary/aromatic N) is 2. The van der Waals surface area contributed by atoms with Crippen LogP contribution in [0.2, 0.25) is 0 Å². The van der Waals surface area contributed by atoms with Gasteiger partial charge in [-0.3, -0.25) is 4.90 Å². The van der Waals surface area contributed by atoms with Gasteiger partial charge >= 0.3 is 0 Å². The van der Waals surface area contributed by atoms with Gasteiger partial charge in [-0.15, -0.1) is 0 Å². The lowest BCUT2D eigenvalue weighted by Gasteiger charge is -2.33. The average Bonchev–Trinajstić information content (AvgIpc) is 2.26. The Morgan fingerprint density at radius 3 is 1.88 bits per heavy atom. The van der Waals surface area contributed by atoms with E-state index in [9.17, 15) is 5.11 Å². The van der Waals surface area contributed by atoms with Gasteiger partial charge < -0.3 is 10.0 Å². The van der Waals surface area contributed by atoms with Gasteiger partial charge in [-0.2, -0.15) is 0 Å². The Hall–Kier alpha value is -0.120. The fourth-order valence-electron chi connectivity index (χ4n) is 1.82. The Morgan fingerprint density at radius 2 is 1.50 bits per heavy atom. The summed E-state index contributed by atoms with van der Waals surface area (Å²) in [7, 11) is 4.19. The summed E-state index contributed by atoms with van der Waals surface area (Å²) in [5.41, 5.74) is -0.499. The molecule has 0 aromatic rings. The van der Waals surface area contributed by atoms with Crippen molar-refractivity contribution >= 4 is 0 Å². The highest BCUT2D eigenvalue weighted by atomic mass is 16.3. The number of hydrogen-bond donors (Lipinski definition) is 1. The molecule has 0 rings (SSSR count). The quantitative estimate of drug-likeness (QED) is 0.654. The Balaban J connectivity index is 4.19. The molecule has 3 nitrogen and oxygen atoms in total. The maximum Gasteiger partial charge on any atom is 0.0768 e. The monoisotopic (exact) mass is 230 g/mol. The van der Waals surface area contributed by atoms with Crippen LogP contribution in [-0.2, 0) is 0 Å². The third-order valence-electron chi connectivity index (χ3n) is 3.24. The molecule has 0 fully saturated rings. The van der Waals surface area contributed by atoms with Gasteiger partial charge in [0.05, 0.1) is 5.60 Å². The van der Waals surface area contributed by atoms with Gasteiger partial charge in [0.25, 0.3) is 0 Å². The zero-order valence-electron chi connectivity index (χ0n) is 11.8. The van der Waals surface area contributed by atoms with Crippen LogP contribution in [0.4, 0.5) is 0 Å². The molecule has 0 saturated heterocycles. The summed E-state index contributed by atoms with van der Waals surface area (Å²) >= 11 is 0. The normalized spacial score (nSPS) is 12.8. The SMILES string of the molecule is CCCN(CCN(C)C)CC(O)(CC)CC. The van der Waals surface area contributed by atoms with Crippen LogP contribution < -0.4 is 0 Å². The predicted molar refractivity (Wildman–Crippen MR) is 70.8 cm³/mol. The van der Waals surface area contributed by atoms with Crippen molar-refractivity contribution in [3.8, 4) is 0 Å². The lowest BCUT2D eigenvalue weighted by Crippen LogP contribution is -2.44. The van der Waals surface area contributed by atoms with E-state index in [1.165, 1.54) is 0 Å². The van der Waals surface area contributed by atoms with Crippen molar-refractivity contribution in [2.45, 2.75) is 45.6 Å². The van der Waals surface area contributed by atoms with E-state index in [-0.39, 0.29) is 0 Å². The first-order chi connectivity index (χ1) is 7.47.